The highest BCUT2D eigenvalue weighted by Gasteiger charge is 2.30. The molecule has 0 radical (unpaired) electrons. The molecule has 0 unspecified atom stereocenters. The van der Waals surface area contributed by atoms with Crippen LogP contribution in [0.3, 0.4) is 0 Å². The molecule has 1 aromatic heterocycles. The van der Waals surface area contributed by atoms with Crippen LogP contribution in [0.5, 0.6) is 0 Å². The van der Waals surface area contributed by atoms with Crippen molar-refractivity contribution in [2.24, 2.45) is 0 Å². The summed E-state index contributed by atoms with van der Waals surface area (Å²) in [6.45, 7) is -0.191. The highest BCUT2D eigenvalue weighted by atomic mass is 32.1. The number of esters is 1. The van der Waals surface area contributed by atoms with E-state index in [1.165, 1.54) is 11.3 Å². The molecule has 2 amide bonds. The molecule has 0 aliphatic carbocycles. The van der Waals surface area contributed by atoms with E-state index in [4.69, 9.17) is 4.74 Å². The maximum Gasteiger partial charge on any atom is 0.416 e. The SMILES string of the molecule is O=C(Cc1nc(COC(=O)CNC(=O)c2ccc(C(F)(F)F)cc2)cs1)NCc1ccccc1. The van der Waals surface area contributed by atoms with E-state index < -0.39 is 30.2 Å². The molecule has 0 aliphatic heterocycles. The Labute approximate surface area is 197 Å². The van der Waals surface area contributed by atoms with Gasteiger partial charge in [0.05, 0.1) is 17.7 Å². The van der Waals surface area contributed by atoms with Gasteiger partial charge in [0.15, 0.2) is 0 Å². The van der Waals surface area contributed by atoms with Crippen LogP contribution in [0.2, 0.25) is 0 Å². The van der Waals surface area contributed by atoms with E-state index in [9.17, 15) is 27.6 Å². The zero-order chi connectivity index (χ0) is 24.6. The van der Waals surface area contributed by atoms with E-state index in [1.807, 2.05) is 30.3 Å². The molecule has 34 heavy (non-hydrogen) atoms. The monoisotopic (exact) mass is 491 g/mol. The molecule has 7 nitrogen and oxygen atoms in total. The van der Waals surface area contributed by atoms with E-state index >= 15 is 0 Å². The number of aromatic nitrogens is 1. The Hall–Kier alpha value is -3.73. The summed E-state index contributed by atoms with van der Waals surface area (Å²) in [5.41, 5.74) is 0.543. The molecule has 2 aromatic carbocycles. The molecular formula is C23H20F3N3O4S. The summed E-state index contributed by atoms with van der Waals surface area (Å²) < 4.78 is 42.8. The van der Waals surface area contributed by atoms with E-state index in [2.05, 4.69) is 15.6 Å². The first-order valence-electron chi connectivity index (χ1n) is 10.1. The van der Waals surface area contributed by atoms with Crippen molar-refractivity contribution in [2.75, 3.05) is 6.54 Å². The van der Waals surface area contributed by atoms with Gasteiger partial charge in [-0.1, -0.05) is 30.3 Å². The van der Waals surface area contributed by atoms with Crippen molar-refractivity contribution in [3.63, 3.8) is 0 Å². The number of alkyl halides is 3. The number of nitrogens with one attached hydrogen (secondary N) is 2. The van der Waals surface area contributed by atoms with Crippen molar-refractivity contribution in [3.05, 3.63) is 87.4 Å². The number of carbonyl (C=O) groups is 3. The van der Waals surface area contributed by atoms with Crippen molar-refractivity contribution in [1.82, 2.24) is 15.6 Å². The highest BCUT2D eigenvalue weighted by molar-refractivity contribution is 7.09. The lowest BCUT2D eigenvalue weighted by molar-refractivity contribution is -0.143. The minimum atomic E-state index is -4.50. The van der Waals surface area contributed by atoms with Gasteiger partial charge in [-0.25, -0.2) is 4.98 Å². The number of ether oxygens (including phenoxy) is 1. The lowest BCUT2D eigenvalue weighted by Gasteiger charge is -2.08. The van der Waals surface area contributed by atoms with E-state index in [0.29, 0.717) is 17.2 Å². The number of benzene rings is 2. The van der Waals surface area contributed by atoms with Crippen LogP contribution in [0.1, 0.15) is 32.2 Å². The standard InChI is InChI=1S/C23H20F3N3O4S/c24-23(25,26)17-8-6-16(7-9-17)22(32)28-12-21(31)33-13-18-14-34-20(29-18)10-19(30)27-11-15-4-2-1-3-5-15/h1-9,14H,10-13H2,(H,27,30)(H,28,32). The summed E-state index contributed by atoms with van der Waals surface area (Å²) in [5.74, 6) is -1.63. The number of hydrogen-bond acceptors (Lipinski definition) is 6. The molecular weight excluding hydrogens is 471 g/mol. The lowest BCUT2D eigenvalue weighted by atomic mass is 10.1. The van der Waals surface area contributed by atoms with Gasteiger partial charge >= 0.3 is 12.1 Å². The maximum absolute atomic E-state index is 12.6. The Kier molecular flexibility index (Phi) is 8.36. The average Bonchev–Trinajstić information content (AvgIpc) is 3.27. The van der Waals surface area contributed by atoms with Gasteiger partial charge in [-0.05, 0) is 29.8 Å². The third-order valence-corrected chi connectivity index (χ3v) is 5.39. The van der Waals surface area contributed by atoms with Gasteiger partial charge in [-0.2, -0.15) is 13.2 Å². The Balaban J connectivity index is 1.38. The Morgan fingerprint density at radius 2 is 1.68 bits per heavy atom. The van der Waals surface area contributed by atoms with Crippen LogP contribution in [-0.2, 0) is 40.1 Å². The van der Waals surface area contributed by atoms with Crippen molar-refractivity contribution in [2.45, 2.75) is 25.7 Å². The largest absolute Gasteiger partial charge is 0.458 e. The van der Waals surface area contributed by atoms with Gasteiger partial charge in [0, 0.05) is 17.5 Å². The number of amides is 2. The van der Waals surface area contributed by atoms with Crippen LogP contribution in [0.15, 0.2) is 60.0 Å². The quantitative estimate of drug-likeness (QED) is 0.447. The minimum absolute atomic E-state index is 0.0181. The average molecular weight is 491 g/mol. The molecule has 0 aliphatic rings. The van der Waals surface area contributed by atoms with Crippen LogP contribution < -0.4 is 10.6 Å². The molecule has 0 saturated heterocycles. The second-order valence-corrected chi connectivity index (χ2v) is 8.03. The zero-order valence-electron chi connectivity index (χ0n) is 17.7. The molecule has 3 aromatic rings. The van der Waals surface area contributed by atoms with Crippen molar-refractivity contribution < 1.29 is 32.3 Å². The molecule has 0 fully saturated rings. The van der Waals surface area contributed by atoms with E-state index in [1.54, 1.807) is 5.38 Å². The Morgan fingerprint density at radius 1 is 0.971 bits per heavy atom. The first-order chi connectivity index (χ1) is 16.2. The summed E-state index contributed by atoms with van der Waals surface area (Å²) >= 11 is 1.26. The molecule has 3 rings (SSSR count). The number of halogens is 3. The Morgan fingerprint density at radius 3 is 2.35 bits per heavy atom. The second-order valence-electron chi connectivity index (χ2n) is 7.09. The van der Waals surface area contributed by atoms with Crippen LogP contribution >= 0.6 is 11.3 Å². The second kappa shape index (κ2) is 11.4. The van der Waals surface area contributed by atoms with E-state index in [-0.39, 0.29) is 24.5 Å². The third kappa shape index (κ3) is 7.69. The fraction of sp³-hybridized carbons (Fsp3) is 0.217. The van der Waals surface area contributed by atoms with Gasteiger partial charge in [0.2, 0.25) is 5.91 Å². The summed E-state index contributed by atoms with van der Waals surface area (Å²) in [5, 5.41) is 7.31. The molecule has 0 atom stereocenters. The number of carbonyl (C=O) groups excluding carboxylic acids is 3. The van der Waals surface area contributed by atoms with Crippen molar-refractivity contribution in [3.8, 4) is 0 Å². The molecule has 11 heteroatoms. The number of rotatable bonds is 9. The summed E-state index contributed by atoms with van der Waals surface area (Å²) in [7, 11) is 0. The minimum Gasteiger partial charge on any atom is -0.458 e. The summed E-state index contributed by atoms with van der Waals surface area (Å²) in [6, 6.07) is 13.1. The normalized spacial score (nSPS) is 11.0. The molecule has 1 heterocycles. The van der Waals surface area contributed by atoms with Crippen LogP contribution in [-0.4, -0.2) is 29.3 Å². The van der Waals surface area contributed by atoms with Gasteiger partial charge in [0.25, 0.3) is 5.91 Å². The highest BCUT2D eigenvalue weighted by Crippen LogP contribution is 2.29. The summed E-state index contributed by atoms with van der Waals surface area (Å²) in [6.07, 6.45) is -4.41. The van der Waals surface area contributed by atoms with Crippen LogP contribution in [0, 0.1) is 0 Å². The molecule has 0 bridgehead atoms. The number of nitrogens with zero attached hydrogens (tertiary/aromatic N) is 1. The molecule has 0 spiro atoms. The van der Waals surface area contributed by atoms with Gasteiger partial charge in [-0.3, -0.25) is 14.4 Å². The van der Waals surface area contributed by atoms with Crippen LogP contribution in [0.4, 0.5) is 13.2 Å². The van der Waals surface area contributed by atoms with Gasteiger partial charge in [0.1, 0.15) is 18.2 Å². The fourth-order valence-corrected chi connectivity index (χ4v) is 3.54. The number of hydrogen-bond donors (Lipinski definition) is 2. The molecule has 178 valence electrons. The first kappa shape index (κ1) is 24.9. The smallest absolute Gasteiger partial charge is 0.416 e. The first-order valence-corrected chi connectivity index (χ1v) is 10.9. The predicted octanol–water partition coefficient (Wildman–Crippen LogP) is 3.49. The maximum atomic E-state index is 12.6. The van der Waals surface area contributed by atoms with Gasteiger partial charge < -0.3 is 15.4 Å². The predicted molar refractivity (Wildman–Crippen MR) is 118 cm³/mol. The zero-order valence-corrected chi connectivity index (χ0v) is 18.5. The van der Waals surface area contributed by atoms with Crippen molar-refractivity contribution >= 4 is 29.1 Å². The molecule has 0 saturated carbocycles. The van der Waals surface area contributed by atoms with Gasteiger partial charge in [-0.15, -0.1) is 11.3 Å². The number of thiazole rings is 1. The summed E-state index contributed by atoms with van der Waals surface area (Å²) in [4.78, 5) is 40.2. The fourth-order valence-electron chi connectivity index (χ4n) is 2.76. The molecule has 2 N–H and O–H groups in total. The Bertz CT molecular complexity index is 1130. The van der Waals surface area contributed by atoms with Crippen molar-refractivity contribution in [1.29, 1.82) is 0 Å². The third-order valence-electron chi connectivity index (χ3n) is 4.49. The van der Waals surface area contributed by atoms with Crippen LogP contribution in [0.25, 0.3) is 0 Å². The van der Waals surface area contributed by atoms with E-state index in [0.717, 1.165) is 29.8 Å². The topological polar surface area (TPSA) is 97.4 Å². The lowest BCUT2D eigenvalue weighted by Crippen LogP contribution is -2.30.